The summed E-state index contributed by atoms with van der Waals surface area (Å²) in [5.74, 6) is 0.732. The zero-order valence-electron chi connectivity index (χ0n) is 9.62. The van der Waals surface area contributed by atoms with Gasteiger partial charge in [0.05, 0.1) is 0 Å². The number of rotatable bonds is 2. The van der Waals surface area contributed by atoms with Crippen molar-refractivity contribution < 1.29 is 4.79 Å². The van der Waals surface area contributed by atoms with Crippen LogP contribution in [0, 0.1) is 5.92 Å². The van der Waals surface area contributed by atoms with Crippen LogP contribution in [-0.2, 0) is 11.3 Å². The van der Waals surface area contributed by atoms with Crippen LogP contribution in [0.2, 0.25) is 0 Å². The standard InChI is InChI=1S/C10H16N6O/c17-10(6-16-7-12-13-14-16)15-4-8-2-1-3-11-9(8)5-15/h7-9,11H,1-6H2/t8-,9+/m0/s1. The van der Waals surface area contributed by atoms with Gasteiger partial charge >= 0.3 is 0 Å². The highest BCUT2D eigenvalue weighted by atomic mass is 16.2. The van der Waals surface area contributed by atoms with Crippen LogP contribution in [0.3, 0.4) is 0 Å². The van der Waals surface area contributed by atoms with E-state index in [1.807, 2.05) is 4.90 Å². The predicted octanol–water partition coefficient (Wildman–Crippen LogP) is -1.12. The largest absolute Gasteiger partial charge is 0.339 e. The summed E-state index contributed by atoms with van der Waals surface area (Å²) in [5, 5.41) is 14.2. The first kappa shape index (κ1) is 10.6. The van der Waals surface area contributed by atoms with Crippen LogP contribution in [-0.4, -0.2) is 56.7 Å². The minimum Gasteiger partial charge on any atom is -0.339 e. The van der Waals surface area contributed by atoms with E-state index in [4.69, 9.17) is 0 Å². The van der Waals surface area contributed by atoms with Gasteiger partial charge in [-0.1, -0.05) is 0 Å². The van der Waals surface area contributed by atoms with Crippen LogP contribution in [0.25, 0.3) is 0 Å². The first-order valence-electron chi connectivity index (χ1n) is 6.05. The number of hydrogen-bond acceptors (Lipinski definition) is 5. The van der Waals surface area contributed by atoms with Crippen molar-refractivity contribution in [1.82, 2.24) is 30.4 Å². The van der Waals surface area contributed by atoms with E-state index in [1.54, 1.807) is 0 Å². The summed E-state index contributed by atoms with van der Waals surface area (Å²) in [7, 11) is 0. The molecular formula is C10H16N6O. The molecule has 0 aliphatic carbocycles. The Bertz CT molecular complexity index is 378. The summed E-state index contributed by atoms with van der Waals surface area (Å²) in [6, 6.07) is 0.488. The van der Waals surface area contributed by atoms with Crippen molar-refractivity contribution in [3.05, 3.63) is 6.33 Å². The molecule has 0 unspecified atom stereocenters. The van der Waals surface area contributed by atoms with Crippen molar-refractivity contribution in [3.63, 3.8) is 0 Å². The zero-order chi connectivity index (χ0) is 11.7. The molecule has 0 bridgehead atoms. The van der Waals surface area contributed by atoms with Crippen LogP contribution in [0.5, 0.6) is 0 Å². The number of fused-ring (bicyclic) bond motifs is 1. The molecule has 2 aliphatic heterocycles. The highest BCUT2D eigenvalue weighted by molar-refractivity contribution is 5.76. The maximum atomic E-state index is 12.0. The number of nitrogens with zero attached hydrogens (tertiary/aromatic N) is 5. The van der Waals surface area contributed by atoms with E-state index < -0.39 is 0 Å². The van der Waals surface area contributed by atoms with Crippen molar-refractivity contribution in [2.24, 2.45) is 5.92 Å². The summed E-state index contributed by atoms with van der Waals surface area (Å²) < 4.78 is 1.47. The van der Waals surface area contributed by atoms with Gasteiger partial charge in [0.1, 0.15) is 12.9 Å². The van der Waals surface area contributed by atoms with Crippen LogP contribution >= 0.6 is 0 Å². The molecule has 1 aromatic heterocycles. The van der Waals surface area contributed by atoms with E-state index in [2.05, 4.69) is 20.8 Å². The second-order valence-corrected chi connectivity index (χ2v) is 4.77. The van der Waals surface area contributed by atoms with E-state index in [-0.39, 0.29) is 12.5 Å². The predicted molar refractivity (Wildman–Crippen MR) is 58.9 cm³/mol. The van der Waals surface area contributed by atoms with Crippen LogP contribution in [0.4, 0.5) is 0 Å². The van der Waals surface area contributed by atoms with Crippen molar-refractivity contribution >= 4 is 5.91 Å². The van der Waals surface area contributed by atoms with Gasteiger partial charge in [-0.3, -0.25) is 4.79 Å². The first-order valence-corrected chi connectivity index (χ1v) is 6.05. The second kappa shape index (κ2) is 4.40. The second-order valence-electron chi connectivity index (χ2n) is 4.77. The SMILES string of the molecule is O=C(Cn1cnnn1)N1C[C@@H]2CCCN[C@@H]2C1. The summed E-state index contributed by atoms with van der Waals surface area (Å²) in [6.07, 6.45) is 3.92. The highest BCUT2D eigenvalue weighted by Crippen LogP contribution is 2.24. The van der Waals surface area contributed by atoms with E-state index in [0.29, 0.717) is 12.0 Å². The number of likely N-dealkylation sites (tertiary alicyclic amines) is 1. The van der Waals surface area contributed by atoms with Crippen LogP contribution < -0.4 is 5.32 Å². The molecule has 3 rings (SSSR count). The monoisotopic (exact) mass is 236 g/mol. The molecule has 2 saturated heterocycles. The fraction of sp³-hybridized carbons (Fsp3) is 0.800. The molecule has 7 nitrogen and oxygen atoms in total. The molecule has 17 heavy (non-hydrogen) atoms. The van der Waals surface area contributed by atoms with Gasteiger partial charge in [0.2, 0.25) is 5.91 Å². The normalized spacial score (nSPS) is 28.1. The summed E-state index contributed by atoms with van der Waals surface area (Å²) in [4.78, 5) is 14.0. The van der Waals surface area contributed by atoms with E-state index in [9.17, 15) is 4.79 Å². The maximum absolute atomic E-state index is 12.0. The highest BCUT2D eigenvalue weighted by Gasteiger charge is 2.36. The molecule has 0 spiro atoms. The number of amides is 1. The molecule has 0 saturated carbocycles. The van der Waals surface area contributed by atoms with Gasteiger partial charge in [-0.05, 0) is 35.7 Å². The molecule has 2 atom stereocenters. The van der Waals surface area contributed by atoms with Crippen molar-refractivity contribution in [3.8, 4) is 0 Å². The van der Waals surface area contributed by atoms with Crippen molar-refractivity contribution in [2.75, 3.05) is 19.6 Å². The molecule has 1 aromatic rings. The number of piperidine rings is 1. The Balaban J connectivity index is 1.60. The quantitative estimate of drug-likeness (QED) is 0.704. The number of tetrazole rings is 1. The summed E-state index contributed by atoms with van der Waals surface area (Å²) in [6.45, 7) is 3.02. The minimum atomic E-state index is 0.105. The van der Waals surface area contributed by atoms with Gasteiger partial charge in [-0.25, -0.2) is 4.68 Å². The third kappa shape index (κ3) is 2.14. The lowest BCUT2D eigenvalue weighted by Gasteiger charge is -2.24. The Hall–Kier alpha value is -1.50. The van der Waals surface area contributed by atoms with Gasteiger partial charge in [0, 0.05) is 19.1 Å². The fourth-order valence-corrected chi connectivity index (χ4v) is 2.74. The van der Waals surface area contributed by atoms with E-state index in [0.717, 1.165) is 19.6 Å². The fourth-order valence-electron chi connectivity index (χ4n) is 2.74. The molecule has 92 valence electrons. The lowest BCUT2D eigenvalue weighted by molar-refractivity contribution is -0.131. The number of hydrogen-bond donors (Lipinski definition) is 1. The first-order chi connectivity index (χ1) is 8.33. The van der Waals surface area contributed by atoms with Gasteiger partial charge in [0.25, 0.3) is 0 Å². The lowest BCUT2D eigenvalue weighted by atomic mass is 9.94. The van der Waals surface area contributed by atoms with Gasteiger partial charge in [-0.2, -0.15) is 0 Å². The number of nitrogens with one attached hydrogen (secondary N) is 1. The summed E-state index contributed by atoms with van der Waals surface area (Å²) >= 11 is 0. The Labute approximate surface area is 99.2 Å². The van der Waals surface area contributed by atoms with Crippen molar-refractivity contribution in [2.45, 2.75) is 25.4 Å². The smallest absolute Gasteiger partial charge is 0.244 e. The molecule has 1 N–H and O–H groups in total. The number of carbonyl (C=O) groups excluding carboxylic acids is 1. The Kier molecular flexibility index (Phi) is 2.76. The van der Waals surface area contributed by atoms with Crippen LogP contribution in [0.15, 0.2) is 6.33 Å². The maximum Gasteiger partial charge on any atom is 0.244 e. The van der Waals surface area contributed by atoms with E-state index >= 15 is 0 Å². The molecular weight excluding hydrogens is 220 g/mol. The molecule has 2 aliphatic rings. The van der Waals surface area contributed by atoms with E-state index in [1.165, 1.54) is 23.9 Å². The Morgan fingerprint density at radius 3 is 3.18 bits per heavy atom. The average Bonchev–Trinajstić information content (AvgIpc) is 2.96. The zero-order valence-corrected chi connectivity index (χ0v) is 9.62. The Morgan fingerprint density at radius 1 is 1.47 bits per heavy atom. The molecule has 0 aromatic carbocycles. The van der Waals surface area contributed by atoms with Gasteiger partial charge in [0.15, 0.2) is 0 Å². The molecule has 2 fully saturated rings. The average molecular weight is 236 g/mol. The third-order valence-electron chi connectivity index (χ3n) is 3.64. The third-order valence-corrected chi connectivity index (χ3v) is 3.64. The topological polar surface area (TPSA) is 75.9 Å². The van der Waals surface area contributed by atoms with Crippen molar-refractivity contribution in [1.29, 1.82) is 0 Å². The van der Waals surface area contributed by atoms with Gasteiger partial charge < -0.3 is 10.2 Å². The number of carbonyl (C=O) groups is 1. The molecule has 7 heteroatoms. The lowest BCUT2D eigenvalue weighted by Crippen LogP contribution is -2.41. The molecule has 1 amide bonds. The number of aromatic nitrogens is 4. The van der Waals surface area contributed by atoms with Crippen LogP contribution in [0.1, 0.15) is 12.8 Å². The summed E-state index contributed by atoms with van der Waals surface area (Å²) in [5.41, 5.74) is 0. The Morgan fingerprint density at radius 2 is 2.41 bits per heavy atom. The molecule has 0 radical (unpaired) electrons. The molecule has 3 heterocycles. The van der Waals surface area contributed by atoms with Gasteiger partial charge in [-0.15, -0.1) is 5.10 Å². The minimum absolute atomic E-state index is 0.105.